The summed E-state index contributed by atoms with van der Waals surface area (Å²) in [5.41, 5.74) is 1.76. The van der Waals surface area contributed by atoms with Gasteiger partial charge in [-0.25, -0.2) is 0 Å². The molecule has 0 saturated carbocycles. The molecule has 20 heavy (non-hydrogen) atoms. The molecule has 1 amide bonds. The number of carbonyl (C=O) groups excluding carboxylic acids is 1. The van der Waals surface area contributed by atoms with E-state index in [1.54, 1.807) is 28.8 Å². The maximum atomic E-state index is 12.0. The normalized spacial score (nSPS) is 19.2. The Morgan fingerprint density at radius 1 is 1.60 bits per heavy atom. The molecular formula is C14H19N4OS+. The summed E-state index contributed by atoms with van der Waals surface area (Å²) >= 11 is 1.67. The zero-order chi connectivity index (χ0) is 14.5. The van der Waals surface area contributed by atoms with Gasteiger partial charge in [0.25, 0.3) is 5.69 Å². The van der Waals surface area contributed by atoms with Crippen molar-refractivity contribution >= 4 is 35.3 Å². The van der Waals surface area contributed by atoms with Crippen molar-refractivity contribution in [3.8, 4) is 0 Å². The summed E-state index contributed by atoms with van der Waals surface area (Å²) in [6, 6.07) is 3.65. The molecule has 0 aliphatic carbocycles. The van der Waals surface area contributed by atoms with Gasteiger partial charge < -0.3 is 5.32 Å². The molecule has 6 heteroatoms. The van der Waals surface area contributed by atoms with Crippen LogP contribution in [0.2, 0.25) is 0 Å². The molecule has 0 aromatic carbocycles. The van der Waals surface area contributed by atoms with E-state index in [1.807, 2.05) is 38.5 Å². The Kier molecular flexibility index (Phi) is 4.89. The van der Waals surface area contributed by atoms with Crippen LogP contribution < -0.4 is 5.32 Å². The highest BCUT2D eigenvalue weighted by atomic mass is 32.2. The highest BCUT2D eigenvalue weighted by molar-refractivity contribution is 7.98. The third kappa shape index (κ3) is 3.45. The average Bonchev–Trinajstić information content (AvgIpc) is 2.81. The third-order valence-corrected chi connectivity index (χ3v) is 3.91. The van der Waals surface area contributed by atoms with Crippen LogP contribution in [0.5, 0.6) is 0 Å². The molecule has 5 nitrogen and oxygen atoms in total. The number of hydrogen-bond acceptors (Lipinski definition) is 4. The van der Waals surface area contributed by atoms with E-state index >= 15 is 0 Å². The van der Waals surface area contributed by atoms with Crippen molar-refractivity contribution in [2.45, 2.75) is 19.9 Å². The van der Waals surface area contributed by atoms with Crippen LogP contribution in [0.1, 0.15) is 13.8 Å². The van der Waals surface area contributed by atoms with Crippen molar-refractivity contribution in [2.24, 2.45) is 11.0 Å². The minimum absolute atomic E-state index is 0.00126. The van der Waals surface area contributed by atoms with Crippen molar-refractivity contribution in [3.63, 3.8) is 0 Å². The van der Waals surface area contributed by atoms with Gasteiger partial charge in [-0.2, -0.15) is 11.8 Å². The third-order valence-electron chi connectivity index (χ3n) is 3.08. The number of amides is 1. The second-order valence-electron chi connectivity index (χ2n) is 4.79. The number of hydrogen-bond donors (Lipinski definition) is 1. The van der Waals surface area contributed by atoms with Crippen molar-refractivity contribution in [3.05, 3.63) is 24.5 Å². The number of carbonyl (C=O) groups is 1. The van der Waals surface area contributed by atoms with Gasteiger partial charge in [0, 0.05) is 23.9 Å². The van der Waals surface area contributed by atoms with Crippen molar-refractivity contribution in [1.29, 1.82) is 0 Å². The Bertz CT molecular complexity index is 541. The molecule has 2 heterocycles. The zero-order valence-electron chi connectivity index (χ0n) is 11.9. The van der Waals surface area contributed by atoms with Crippen LogP contribution in [0.25, 0.3) is 0 Å². The second-order valence-corrected chi connectivity index (χ2v) is 5.70. The Morgan fingerprint density at radius 3 is 3.05 bits per heavy atom. The van der Waals surface area contributed by atoms with E-state index < -0.39 is 0 Å². The highest BCUT2D eigenvalue weighted by Crippen LogP contribution is 2.13. The molecule has 106 valence electrons. The van der Waals surface area contributed by atoms with Crippen LogP contribution in [0.4, 0.5) is 5.69 Å². The topological polar surface area (TPSA) is 57.4 Å². The molecule has 2 unspecified atom stereocenters. The Labute approximate surface area is 123 Å². The SMILES string of the molecule is CSCC(C)C(=O)NC1C=[N+](c2cccnc2)N=C1C. The van der Waals surface area contributed by atoms with Gasteiger partial charge in [0.2, 0.25) is 12.1 Å². The lowest BCUT2D eigenvalue weighted by Gasteiger charge is -2.12. The molecule has 1 N–H and O–H groups in total. The van der Waals surface area contributed by atoms with Crippen LogP contribution in [0.15, 0.2) is 29.6 Å². The maximum absolute atomic E-state index is 12.0. The van der Waals surface area contributed by atoms with Crippen molar-refractivity contribution in [2.75, 3.05) is 12.0 Å². The fourth-order valence-electron chi connectivity index (χ4n) is 1.91. The minimum atomic E-state index is -0.146. The summed E-state index contributed by atoms with van der Waals surface area (Å²) in [4.78, 5) is 16.1. The first-order valence-corrected chi connectivity index (χ1v) is 7.90. The van der Waals surface area contributed by atoms with Gasteiger partial charge in [-0.15, -0.1) is 0 Å². The fourth-order valence-corrected chi connectivity index (χ4v) is 2.56. The molecule has 0 spiro atoms. The first-order chi connectivity index (χ1) is 9.61. The van der Waals surface area contributed by atoms with Crippen LogP contribution >= 0.6 is 11.8 Å². The number of rotatable bonds is 5. The summed E-state index contributed by atoms with van der Waals surface area (Å²) in [5, 5.41) is 7.45. The van der Waals surface area contributed by atoms with Crippen molar-refractivity contribution < 1.29 is 9.48 Å². The Morgan fingerprint density at radius 2 is 2.40 bits per heavy atom. The van der Waals surface area contributed by atoms with Crippen molar-refractivity contribution in [1.82, 2.24) is 10.3 Å². The number of hydrazone groups is 1. The Hall–Kier alpha value is -1.69. The predicted octanol–water partition coefficient (Wildman–Crippen LogP) is 1.67. The van der Waals surface area contributed by atoms with Gasteiger partial charge >= 0.3 is 0 Å². The quantitative estimate of drug-likeness (QED) is 0.840. The first kappa shape index (κ1) is 14.7. The Balaban J connectivity index is 2.06. The molecule has 0 fully saturated rings. The van der Waals surface area contributed by atoms with E-state index in [0.29, 0.717) is 0 Å². The molecule has 1 aliphatic rings. The largest absolute Gasteiger partial charge is 0.339 e. The number of nitrogens with one attached hydrogen (secondary N) is 1. The molecule has 1 aliphatic heterocycles. The molecular weight excluding hydrogens is 272 g/mol. The summed E-state index contributed by atoms with van der Waals surface area (Å²) in [5.74, 6) is 0.878. The van der Waals surface area contributed by atoms with Gasteiger partial charge in [0.1, 0.15) is 11.9 Å². The lowest BCUT2D eigenvalue weighted by Crippen LogP contribution is -2.42. The summed E-state index contributed by atoms with van der Waals surface area (Å²) in [6.45, 7) is 3.85. The monoisotopic (exact) mass is 291 g/mol. The van der Waals surface area contributed by atoms with E-state index in [0.717, 1.165) is 17.2 Å². The van der Waals surface area contributed by atoms with E-state index in [9.17, 15) is 4.79 Å². The molecule has 0 bridgehead atoms. The summed E-state index contributed by atoms with van der Waals surface area (Å²) in [6.07, 6.45) is 7.37. The molecule has 1 aromatic heterocycles. The molecule has 1 aromatic rings. The highest BCUT2D eigenvalue weighted by Gasteiger charge is 2.29. The zero-order valence-corrected chi connectivity index (χ0v) is 12.7. The number of pyridine rings is 1. The average molecular weight is 291 g/mol. The first-order valence-electron chi connectivity index (χ1n) is 6.50. The second kappa shape index (κ2) is 6.65. The van der Waals surface area contributed by atoms with E-state index in [2.05, 4.69) is 15.4 Å². The van der Waals surface area contributed by atoms with Gasteiger partial charge in [0.15, 0.2) is 6.04 Å². The van der Waals surface area contributed by atoms with E-state index in [-0.39, 0.29) is 17.9 Å². The van der Waals surface area contributed by atoms with Crippen LogP contribution in [0.3, 0.4) is 0 Å². The van der Waals surface area contributed by atoms with Crippen LogP contribution in [-0.4, -0.2) is 45.6 Å². The van der Waals surface area contributed by atoms with Crippen LogP contribution in [0, 0.1) is 5.92 Å². The molecule has 2 rings (SSSR count). The standard InChI is InChI=1S/C14H18N4OS/c1-10(9-20-3)14(19)16-13-8-18(17-11(13)2)12-5-4-6-15-7-12/h4-8,10,13H,9H2,1-3H3/p+1. The lowest BCUT2D eigenvalue weighted by atomic mass is 10.1. The van der Waals surface area contributed by atoms with Gasteiger partial charge in [-0.05, 0) is 24.3 Å². The van der Waals surface area contributed by atoms with Gasteiger partial charge in [0.05, 0.1) is 0 Å². The molecule has 0 radical (unpaired) electrons. The lowest BCUT2D eigenvalue weighted by molar-refractivity contribution is -0.437. The predicted molar refractivity (Wildman–Crippen MR) is 82.8 cm³/mol. The van der Waals surface area contributed by atoms with E-state index in [1.165, 1.54) is 0 Å². The number of aromatic nitrogens is 1. The number of thioether (sulfide) groups is 1. The minimum Gasteiger partial charge on any atom is -0.339 e. The molecule has 2 atom stereocenters. The van der Waals surface area contributed by atoms with E-state index in [4.69, 9.17) is 0 Å². The van der Waals surface area contributed by atoms with Crippen LogP contribution in [-0.2, 0) is 4.79 Å². The summed E-state index contributed by atoms with van der Waals surface area (Å²) < 4.78 is 1.76. The van der Waals surface area contributed by atoms with Gasteiger partial charge in [-0.3, -0.25) is 9.78 Å². The van der Waals surface area contributed by atoms with Gasteiger partial charge in [-0.1, -0.05) is 11.6 Å². The fraction of sp³-hybridized carbons (Fsp3) is 0.429. The summed E-state index contributed by atoms with van der Waals surface area (Å²) in [7, 11) is 0. The maximum Gasteiger partial charge on any atom is 0.255 e. The number of nitrogens with zero attached hydrogens (tertiary/aromatic N) is 3. The smallest absolute Gasteiger partial charge is 0.255 e. The molecule has 0 saturated heterocycles.